The van der Waals surface area contributed by atoms with Gasteiger partial charge in [0.15, 0.2) is 0 Å². The molecule has 19 heavy (non-hydrogen) atoms. The molecule has 106 valence electrons. The van der Waals surface area contributed by atoms with E-state index in [1.807, 2.05) is 13.0 Å². The highest BCUT2D eigenvalue weighted by Crippen LogP contribution is 2.34. The molecule has 2 heterocycles. The van der Waals surface area contributed by atoms with Gasteiger partial charge in [0.1, 0.15) is 5.82 Å². The van der Waals surface area contributed by atoms with Crippen molar-refractivity contribution in [2.45, 2.75) is 31.8 Å². The van der Waals surface area contributed by atoms with Crippen LogP contribution in [0.15, 0.2) is 12.1 Å². The molecule has 6 heteroatoms. The molecule has 1 fully saturated rings. The first-order valence-corrected chi connectivity index (χ1v) is 6.79. The Labute approximate surface area is 115 Å². The first-order chi connectivity index (χ1) is 8.91. The molecular formula is C13H16ClF3N2. The first-order valence-electron chi connectivity index (χ1n) is 6.26. The summed E-state index contributed by atoms with van der Waals surface area (Å²) in [7, 11) is 0. The van der Waals surface area contributed by atoms with Crippen LogP contribution in [0.5, 0.6) is 0 Å². The van der Waals surface area contributed by atoms with E-state index in [0.717, 1.165) is 11.3 Å². The minimum atomic E-state index is -4.12. The standard InChI is InChI=1S/C13H16ClF3N2/c1-9-10(7-14)4-5-12(18-9)19-6-2-3-11(8-19)13(15,16)17/h4-5,11H,2-3,6-8H2,1H3. The molecule has 1 unspecified atom stereocenters. The summed E-state index contributed by atoms with van der Waals surface area (Å²) < 4.78 is 38.3. The van der Waals surface area contributed by atoms with Gasteiger partial charge in [-0.1, -0.05) is 6.07 Å². The predicted molar refractivity (Wildman–Crippen MR) is 69.5 cm³/mol. The van der Waals surface area contributed by atoms with Crippen LogP contribution in [0, 0.1) is 12.8 Å². The van der Waals surface area contributed by atoms with Crippen LogP contribution in [0.4, 0.5) is 19.0 Å². The largest absolute Gasteiger partial charge is 0.393 e. The van der Waals surface area contributed by atoms with E-state index >= 15 is 0 Å². The van der Waals surface area contributed by atoms with Crippen LogP contribution in [0.25, 0.3) is 0 Å². The lowest BCUT2D eigenvalue weighted by molar-refractivity contribution is -0.176. The van der Waals surface area contributed by atoms with E-state index < -0.39 is 12.1 Å². The third-order valence-electron chi connectivity index (χ3n) is 3.53. The van der Waals surface area contributed by atoms with Gasteiger partial charge in [-0.05, 0) is 31.4 Å². The van der Waals surface area contributed by atoms with Crippen LogP contribution < -0.4 is 4.90 Å². The van der Waals surface area contributed by atoms with Crippen molar-refractivity contribution in [2.24, 2.45) is 5.92 Å². The Morgan fingerprint density at radius 3 is 2.74 bits per heavy atom. The molecule has 0 saturated carbocycles. The highest BCUT2D eigenvalue weighted by Gasteiger charge is 2.42. The van der Waals surface area contributed by atoms with Crippen molar-refractivity contribution in [3.63, 3.8) is 0 Å². The minimum absolute atomic E-state index is 0.00381. The maximum absolute atomic E-state index is 12.8. The normalized spacial score (nSPS) is 20.7. The lowest BCUT2D eigenvalue weighted by atomic mass is 9.97. The number of hydrogen-bond donors (Lipinski definition) is 0. The minimum Gasteiger partial charge on any atom is -0.356 e. The molecule has 1 aliphatic heterocycles. The van der Waals surface area contributed by atoms with Gasteiger partial charge < -0.3 is 4.90 Å². The number of hydrogen-bond acceptors (Lipinski definition) is 2. The van der Waals surface area contributed by atoms with E-state index in [4.69, 9.17) is 11.6 Å². The number of aryl methyl sites for hydroxylation is 1. The Bertz CT molecular complexity index is 448. The fourth-order valence-corrected chi connectivity index (χ4v) is 2.63. The molecule has 0 bridgehead atoms. The number of pyridine rings is 1. The second kappa shape index (κ2) is 5.57. The number of rotatable bonds is 2. The third-order valence-corrected chi connectivity index (χ3v) is 3.82. The van der Waals surface area contributed by atoms with Crippen molar-refractivity contribution >= 4 is 17.4 Å². The van der Waals surface area contributed by atoms with Gasteiger partial charge in [-0.3, -0.25) is 0 Å². The summed E-state index contributed by atoms with van der Waals surface area (Å²) in [4.78, 5) is 6.07. The molecule has 0 aliphatic carbocycles. The van der Waals surface area contributed by atoms with E-state index in [9.17, 15) is 13.2 Å². The van der Waals surface area contributed by atoms with Crippen molar-refractivity contribution < 1.29 is 13.2 Å². The molecule has 1 atom stereocenters. The van der Waals surface area contributed by atoms with E-state index in [1.54, 1.807) is 11.0 Å². The lowest BCUT2D eigenvalue weighted by Gasteiger charge is -2.34. The SMILES string of the molecule is Cc1nc(N2CCCC(C(F)(F)F)C2)ccc1CCl. The molecule has 0 aromatic carbocycles. The summed E-state index contributed by atoms with van der Waals surface area (Å²) in [5.41, 5.74) is 1.69. The van der Waals surface area contributed by atoms with E-state index in [-0.39, 0.29) is 13.0 Å². The fraction of sp³-hybridized carbons (Fsp3) is 0.615. The number of halogens is 4. The summed E-state index contributed by atoms with van der Waals surface area (Å²) in [6.07, 6.45) is -3.37. The molecular weight excluding hydrogens is 277 g/mol. The summed E-state index contributed by atoms with van der Waals surface area (Å²) in [5.74, 6) is -0.277. The Hall–Kier alpha value is -0.970. The number of aromatic nitrogens is 1. The smallest absolute Gasteiger partial charge is 0.356 e. The van der Waals surface area contributed by atoms with Gasteiger partial charge in [0.2, 0.25) is 0 Å². The molecule has 2 nitrogen and oxygen atoms in total. The highest BCUT2D eigenvalue weighted by molar-refractivity contribution is 6.17. The van der Waals surface area contributed by atoms with Crippen LogP contribution >= 0.6 is 11.6 Å². The Balaban J connectivity index is 2.15. The molecule has 1 aromatic rings. The van der Waals surface area contributed by atoms with Crippen LogP contribution in [-0.4, -0.2) is 24.2 Å². The van der Waals surface area contributed by atoms with Gasteiger partial charge in [0.05, 0.1) is 5.92 Å². The topological polar surface area (TPSA) is 16.1 Å². The first kappa shape index (κ1) is 14.4. The second-order valence-corrected chi connectivity index (χ2v) is 5.14. The van der Waals surface area contributed by atoms with Crippen molar-refractivity contribution in [3.05, 3.63) is 23.4 Å². The Morgan fingerprint density at radius 2 is 2.16 bits per heavy atom. The summed E-state index contributed by atoms with van der Waals surface area (Å²) in [5, 5.41) is 0. The highest BCUT2D eigenvalue weighted by atomic mass is 35.5. The number of anilines is 1. The predicted octanol–water partition coefficient (Wildman–Crippen LogP) is 3.91. The molecule has 2 rings (SSSR count). The summed E-state index contributed by atoms with van der Waals surface area (Å²) in [6.45, 7) is 2.45. The zero-order chi connectivity index (χ0) is 14.0. The van der Waals surface area contributed by atoms with E-state index in [2.05, 4.69) is 4.98 Å². The zero-order valence-corrected chi connectivity index (χ0v) is 11.4. The van der Waals surface area contributed by atoms with Crippen molar-refractivity contribution in [1.82, 2.24) is 4.98 Å². The molecule has 1 saturated heterocycles. The Morgan fingerprint density at radius 1 is 1.42 bits per heavy atom. The number of alkyl halides is 4. The molecule has 0 amide bonds. The average Bonchev–Trinajstić information content (AvgIpc) is 2.38. The van der Waals surface area contributed by atoms with Crippen molar-refractivity contribution in [3.8, 4) is 0 Å². The van der Waals surface area contributed by atoms with E-state index in [1.165, 1.54) is 0 Å². The number of nitrogens with zero attached hydrogens (tertiary/aromatic N) is 2. The third kappa shape index (κ3) is 3.32. The van der Waals surface area contributed by atoms with Crippen LogP contribution in [-0.2, 0) is 5.88 Å². The quantitative estimate of drug-likeness (QED) is 0.768. The molecule has 1 aliphatic rings. The van der Waals surface area contributed by atoms with Gasteiger partial charge in [-0.2, -0.15) is 13.2 Å². The fourth-order valence-electron chi connectivity index (χ4n) is 2.35. The molecule has 0 spiro atoms. The van der Waals surface area contributed by atoms with Crippen LogP contribution in [0.2, 0.25) is 0 Å². The zero-order valence-electron chi connectivity index (χ0n) is 10.7. The molecule has 0 N–H and O–H groups in total. The monoisotopic (exact) mass is 292 g/mol. The average molecular weight is 293 g/mol. The van der Waals surface area contributed by atoms with Crippen molar-refractivity contribution in [1.29, 1.82) is 0 Å². The van der Waals surface area contributed by atoms with Crippen LogP contribution in [0.3, 0.4) is 0 Å². The van der Waals surface area contributed by atoms with Crippen LogP contribution in [0.1, 0.15) is 24.1 Å². The van der Waals surface area contributed by atoms with Gasteiger partial charge in [0.25, 0.3) is 0 Å². The summed E-state index contributed by atoms with van der Waals surface area (Å²) in [6, 6.07) is 3.59. The number of piperidine rings is 1. The van der Waals surface area contributed by atoms with E-state index in [0.29, 0.717) is 24.7 Å². The van der Waals surface area contributed by atoms with Crippen molar-refractivity contribution in [2.75, 3.05) is 18.0 Å². The van der Waals surface area contributed by atoms with Gasteiger partial charge in [-0.15, -0.1) is 11.6 Å². The maximum atomic E-state index is 12.8. The Kier molecular flexibility index (Phi) is 4.23. The van der Waals surface area contributed by atoms with Gasteiger partial charge in [0, 0.05) is 24.7 Å². The molecule has 1 aromatic heterocycles. The maximum Gasteiger partial charge on any atom is 0.393 e. The van der Waals surface area contributed by atoms with Gasteiger partial charge in [-0.25, -0.2) is 4.98 Å². The van der Waals surface area contributed by atoms with Gasteiger partial charge >= 0.3 is 6.18 Å². The second-order valence-electron chi connectivity index (χ2n) is 4.87. The lowest BCUT2D eigenvalue weighted by Crippen LogP contribution is -2.42. The summed E-state index contributed by atoms with van der Waals surface area (Å²) >= 11 is 5.75. The molecule has 0 radical (unpaired) electrons.